The van der Waals surface area contributed by atoms with E-state index in [1.165, 1.54) is 42.7 Å². The summed E-state index contributed by atoms with van der Waals surface area (Å²) < 4.78 is 0. The number of nitrogens with two attached hydrogens (primary N) is 6. The van der Waals surface area contributed by atoms with Crippen molar-refractivity contribution in [2.75, 3.05) is 5.32 Å². The van der Waals surface area contributed by atoms with Crippen molar-refractivity contribution >= 4 is 71.1 Å². The third-order valence-electron chi connectivity index (χ3n) is 6.76. The van der Waals surface area contributed by atoms with E-state index in [4.69, 9.17) is 56.0 Å². The highest BCUT2D eigenvalue weighted by Gasteiger charge is 2.34. The summed E-state index contributed by atoms with van der Waals surface area (Å²) in [5.74, 6) is -12.7. The molecule has 0 spiro atoms. The first kappa shape index (κ1) is 46.5. The van der Waals surface area contributed by atoms with E-state index < -0.39 is 108 Å². The molecule has 59 heavy (non-hydrogen) atoms. The summed E-state index contributed by atoms with van der Waals surface area (Å²) in [6, 6.07) is 7.27. The van der Waals surface area contributed by atoms with Crippen LogP contribution >= 0.6 is 0 Å². The summed E-state index contributed by atoms with van der Waals surface area (Å²) in [4.78, 5) is 98.5. The van der Waals surface area contributed by atoms with E-state index in [0.717, 1.165) is 0 Å². The largest absolute Gasteiger partial charge is 0.370 e. The molecular weight excluding hydrogens is 786 g/mol. The third-order valence-corrected chi connectivity index (χ3v) is 6.76. The summed E-state index contributed by atoms with van der Waals surface area (Å²) in [5, 5.41) is 63.8. The molecule has 7 atom stereocenters. The smallest absolute Gasteiger partial charge is 0.270 e. The first-order chi connectivity index (χ1) is 27.7. The zero-order chi connectivity index (χ0) is 44.4. The van der Waals surface area contributed by atoms with Crippen LogP contribution in [0.4, 0.5) is 5.95 Å². The first-order valence-corrected chi connectivity index (χ1v) is 16.2. The van der Waals surface area contributed by atoms with Crippen LogP contribution in [0.3, 0.4) is 0 Å². The van der Waals surface area contributed by atoms with Crippen molar-refractivity contribution in [2.45, 2.75) is 43.1 Å². The summed E-state index contributed by atoms with van der Waals surface area (Å²) >= 11 is 0. The van der Waals surface area contributed by atoms with E-state index in [2.05, 4.69) is 41.9 Å². The van der Waals surface area contributed by atoms with Gasteiger partial charge >= 0.3 is 0 Å². The molecule has 318 valence electrons. The quantitative estimate of drug-likeness (QED) is 0.0335. The van der Waals surface area contributed by atoms with Gasteiger partial charge in [0.15, 0.2) is 54.7 Å². The Bertz CT molecular complexity index is 1900. The number of aromatic nitrogens is 2. The van der Waals surface area contributed by atoms with Crippen molar-refractivity contribution in [1.29, 1.82) is 21.6 Å². The van der Waals surface area contributed by atoms with Gasteiger partial charge in [0.05, 0.1) is 0 Å². The summed E-state index contributed by atoms with van der Waals surface area (Å²) in [7, 11) is 0. The van der Waals surface area contributed by atoms with Crippen LogP contribution in [0.2, 0.25) is 0 Å². The van der Waals surface area contributed by atoms with Gasteiger partial charge in [0.1, 0.15) is 6.04 Å². The molecule has 0 aliphatic heterocycles. The number of rotatable bonds is 20. The molecule has 0 bridgehead atoms. The molecule has 0 saturated heterocycles. The average molecular weight is 830 g/mol. The molecule has 7 unspecified atom stereocenters. The molecule has 28 N–H and O–H groups in total. The summed E-state index contributed by atoms with van der Waals surface area (Å²) in [5.41, 5.74) is 32.0. The minimum Gasteiger partial charge on any atom is -0.370 e. The normalized spacial score (nSPS) is 13.9. The molecule has 0 fully saturated rings. The molecule has 1 heterocycles. The van der Waals surface area contributed by atoms with Crippen LogP contribution in [0.25, 0.3) is 0 Å². The second-order valence-electron chi connectivity index (χ2n) is 11.4. The molecule has 0 aliphatic carbocycles. The SMILES string of the molecule is N=C(N)NC(NC(=O)C(NC(=N)N)NC(=O)C(NC(=N)N)NC(=O)C(NC(=N)N)NC(=O)C(NC(=O)C(O)Nc1ncccn1)c1ccccc1)C(=O)NC(N)C(N)=O. The van der Waals surface area contributed by atoms with Gasteiger partial charge in [-0.2, -0.15) is 0 Å². The van der Waals surface area contributed by atoms with Gasteiger partial charge in [0.25, 0.3) is 35.4 Å². The number of primary amides is 1. The van der Waals surface area contributed by atoms with Crippen LogP contribution in [-0.4, -0.2) is 117 Å². The lowest BCUT2D eigenvalue weighted by atomic mass is 10.1. The molecule has 1 aromatic carbocycles. The molecule has 2 rings (SSSR count). The molecule has 0 radical (unpaired) electrons. The Morgan fingerprint density at radius 3 is 1.25 bits per heavy atom. The van der Waals surface area contributed by atoms with Gasteiger partial charge in [0.2, 0.25) is 18.1 Å². The number of nitrogens with zero attached hydrogens (tertiary/aromatic N) is 2. The van der Waals surface area contributed by atoms with E-state index in [9.17, 15) is 38.7 Å². The summed E-state index contributed by atoms with van der Waals surface area (Å²) in [6.07, 6.45) is -9.31. The maximum atomic E-state index is 13.7. The third kappa shape index (κ3) is 16.0. The van der Waals surface area contributed by atoms with Crippen molar-refractivity contribution in [1.82, 2.24) is 63.1 Å². The van der Waals surface area contributed by atoms with Gasteiger partial charge in [-0.1, -0.05) is 30.3 Å². The number of nitrogens with one attached hydrogen (secondary N) is 15. The van der Waals surface area contributed by atoms with Crippen molar-refractivity contribution in [2.24, 2.45) is 34.4 Å². The average Bonchev–Trinajstić information content (AvgIpc) is 3.15. The Morgan fingerprint density at radius 1 is 0.508 bits per heavy atom. The first-order valence-electron chi connectivity index (χ1n) is 16.2. The predicted octanol–water partition coefficient (Wildman–Crippen LogP) is -10.3. The number of aliphatic hydroxyl groups excluding tert-OH is 1. The van der Waals surface area contributed by atoms with E-state index in [1.54, 1.807) is 6.07 Å². The molecule has 0 aliphatic rings. The number of amides is 7. The Labute approximate surface area is 331 Å². The van der Waals surface area contributed by atoms with Crippen molar-refractivity contribution < 1.29 is 38.7 Å². The van der Waals surface area contributed by atoms with Gasteiger partial charge < -0.3 is 98.0 Å². The van der Waals surface area contributed by atoms with Crippen LogP contribution in [0.15, 0.2) is 48.8 Å². The van der Waals surface area contributed by atoms with Crippen LogP contribution in [0.1, 0.15) is 11.6 Å². The number of hydrogen-bond acceptors (Lipinski definition) is 16. The van der Waals surface area contributed by atoms with Crippen molar-refractivity contribution in [3.8, 4) is 0 Å². The maximum absolute atomic E-state index is 13.7. The predicted molar refractivity (Wildman–Crippen MR) is 202 cm³/mol. The number of guanidine groups is 4. The molecule has 31 nitrogen and oxygen atoms in total. The van der Waals surface area contributed by atoms with Gasteiger partial charge in [-0.15, -0.1) is 0 Å². The second kappa shape index (κ2) is 22.1. The molecular formula is C28H43N23O8. The topological polar surface area (TPSA) is 549 Å². The van der Waals surface area contributed by atoms with Gasteiger partial charge in [-0.25, -0.2) is 9.97 Å². The van der Waals surface area contributed by atoms with Gasteiger partial charge in [0, 0.05) is 12.4 Å². The zero-order valence-corrected chi connectivity index (χ0v) is 30.3. The number of benzene rings is 1. The highest BCUT2D eigenvalue weighted by molar-refractivity contribution is 6.00. The fraction of sp³-hybridized carbons (Fsp3) is 0.250. The molecule has 31 heteroatoms. The fourth-order valence-corrected chi connectivity index (χ4v) is 4.23. The lowest BCUT2D eigenvalue weighted by Crippen LogP contribution is -2.69. The second-order valence-corrected chi connectivity index (χ2v) is 11.4. The van der Waals surface area contributed by atoms with Crippen LogP contribution in [-0.2, 0) is 33.6 Å². The highest BCUT2D eigenvalue weighted by Crippen LogP contribution is 2.14. The highest BCUT2D eigenvalue weighted by atomic mass is 16.3. The monoisotopic (exact) mass is 829 g/mol. The fourth-order valence-electron chi connectivity index (χ4n) is 4.23. The van der Waals surface area contributed by atoms with Gasteiger partial charge in [-0.3, -0.25) is 55.2 Å². The van der Waals surface area contributed by atoms with Crippen LogP contribution in [0, 0.1) is 21.6 Å². The minimum atomic E-state index is -2.12. The zero-order valence-electron chi connectivity index (χ0n) is 30.3. The summed E-state index contributed by atoms with van der Waals surface area (Å²) in [6.45, 7) is 0. The molecule has 2 aromatic rings. The maximum Gasteiger partial charge on any atom is 0.270 e. The van der Waals surface area contributed by atoms with E-state index in [-0.39, 0.29) is 11.5 Å². The van der Waals surface area contributed by atoms with Crippen molar-refractivity contribution in [3.63, 3.8) is 0 Å². The van der Waals surface area contributed by atoms with Crippen LogP contribution < -0.4 is 92.9 Å². The molecule has 1 aromatic heterocycles. The lowest BCUT2D eigenvalue weighted by molar-refractivity contribution is -0.136. The van der Waals surface area contributed by atoms with E-state index >= 15 is 0 Å². The Hall–Kier alpha value is -8.61. The Kier molecular flexibility index (Phi) is 17.4. The molecule has 0 saturated carbocycles. The van der Waals surface area contributed by atoms with Crippen LogP contribution in [0.5, 0.6) is 0 Å². The van der Waals surface area contributed by atoms with Crippen molar-refractivity contribution in [3.05, 3.63) is 54.4 Å². The van der Waals surface area contributed by atoms with E-state index in [0.29, 0.717) is 0 Å². The Balaban J connectivity index is 2.35. The number of anilines is 1. The lowest BCUT2D eigenvalue weighted by Gasteiger charge is -2.28. The van der Waals surface area contributed by atoms with E-state index in [1.807, 2.05) is 26.6 Å². The van der Waals surface area contributed by atoms with Gasteiger partial charge in [-0.05, 0) is 11.6 Å². The molecule has 7 amide bonds. The number of hydrogen-bond donors (Lipinski definition) is 22. The standard InChI is InChI=1S/C28H43N23O8/c29-11(12(30)52)42-18(54)13(47-24(31)32)44-20(56)15(49-26(35)36)46-21(57)16(50-27(37)38)45-19(55)14(48-25(33)34)43-17(53)10(9-5-2-1-3-6-9)41-22(58)23(59)51-28-39-7-4-8-40-28/h1-8,10-11,13-16,23,59H,29H2,(H2,30,52)(H,41,58)(H,42,54)(H,43,53)(H,44,56)(H,45,55)(H,46,57)(H4,31,32,47)(H4,33,34,48)(H4,35,36,49)(H4,37,38,50)(H,39,40,51). The number of carbonyl (C=O) groups is 7. The Morgan fingerprint density at radius 2 is 0.881 bits per heavy atom. The number of carbonyl (C=O) groups excluding carboxylic acids is 7. The number of aliphatic hydroxyl groups is 1. The minimum absolute atomic E-state index is 0.134.